The molecule has 2 heterocycles. The zero-order valence-corrected chi connectivity index (χ0v) is 14.4. The van der Waals surface area contributed by atoms with Gasteiger partial charge in [0.1, 0.15) is 0 Å². The van der Waals surface area contributed by atoms with E-state index in [9.17, 15) is 4.79 Å². The number of carbonyl (C=O) groups excluding carboxylic acids is 1. The summed E-state index contributed by atoms with van der Waals surface area (Å²) >= 11 is 0. The van der Waals surface area contributed by atoms with E-state index in [1.165, 1.54) is 24.8 Å². The first-order chi connectivity index (χ1) is 11.2. The maximum Gasteiger partial charge on any atom is 0.225 e. The summed E-state index contributed by atoms with van der Waals surface area (Å²) in [6.45, 7) is 7.53. The third-order valence-corrected chi connectivity index (χ3v) is 5.51. The minimum atomic E-state index is 0.274. The Bertz CT molecular complexity index is 488. The topological polar surface area (TPSA) is 23.6 Å². The first-order valence-electron chi connectivity index (χ1n) is 9.30. The van der Waals surface area contributed by atoms with E-state index in [0.717, 1.165) is 45.6 Å². The first-order valence-corrected chi connectivity index (χ1v) is 9.30. The van der Waals surface area contributed by atoms with Crippen LogP contribution in [0.3, 0.4) is 0 Å². The maximum absolute atomic E-state index is 12.6. The fraction of sp³-hybridized carbons (Fsp3) is 0.650. The van der Waals surface area contributed by atoms with E-state index in [1.54, 1.807) is 0 Å². The van der Waals surface area contributed by atoms with Gasteiger partial charge in [0.2, 0.25) is 5.91 Å². The van der Waals surface area contributed by atoms with Gasteiger partial charge in [-0.2, -0.15) is 0 Å². The number of rotatable bonds is 4. The fourth-order valence-electron chi connectivity index (χ4n) is 4.01. The van der Waals surface area contributed by atoms with Crippen molar-refractivity contribution < 1.29 is 4.79 Å². The summed E-state index contributed by atoms with van der Waals surface area (Å²) < 4.78 is 0. The molecular weight excluding hydrogens is 284 g/mol. The van der Waals surface area contributed by atoms with Crippen molar-refractivity contribution >= 4 is 5.91 Å². The van der Waals surface area contributed by atoms with Gasteiger partial charge in [0.05, 0.1) is 0 Å². The zero-order valence-electron chi connectivity index (χ0n) is 14.4. The minimum Gasteiger partial charge on any atom is -0.342 e. The van der Waals surface area contributed by atoms with Crippen molar-refractivity contribution in [1.29, 1.82) is 0 Å². The highest BCUT2D eigenvalue weighted by molar-refractivity contribution is 5.79. The lowest BCUT2D eigenvalue weighted by Crippen LogP contribution is -2.44. The van der Waals surface area contributed by atoms with Gasteiger partial charge in [-0.05, 0) is 56.7 Å². The van der Waals surface area contributed by atoms with Gasteiger partial charge >= 0.3 is 0 Å². The van der Waals surface area contributed by atoms with E-state index in [4.69, 9.17) is 0 Å². The van der Waals surface area contributed by atoms with Crippen LogP contribution in [0.2, 0.25) is 0 Å². The molecule has 1 aromatic rings. The molecule has 0 aliphatic carbocycles. The van der Waals surface area contributed by atoms with Crippen LogP contribution in [0.25, 0.3) is 0 Å². The van der Waals surface area contributed by atoms with Gasteiger partial charge in [-0.25, -0.2) is 0 Å². The van der Waals surface area contributed by atoms with Gasteiger partial charge in [0.15, 0.2) is 0 Å². The third-order valence-electron chi connectivity index (χ3n) is 5.51. The van der Waals surface area contributed by atoms with Crippen molar-refractivity contribution in [2.24, 2.45) is 5.92 Å². The molecule has 2 saturated heterocycles. The number of amides is 1. The summed E-state index contributed by atoms with van der Waals surface area (Å²) in [5.41, 5.74) is 1.42. The van der Waals surface area contributed by atoms with Gasteiger partial charge in [-0.15, -0.1) is 0 Å². The molecule has 2 aliphatic heterocycles. The fourth-order valence-corrected chi connectivity index (χ4v) is 4.01. The molecular formula is C20H30N2O. The number of benzene rings is 1. The summed E-state index contributed by atoms with van der Waals surface area (Å²) in [7, 11) is 0. The molecule has 1 aromatic carbocycles. The largest absolute Gasteiger partial charge is 0.342 e. The SMILES string of the molecule is C[C@@H](CN1CCC(C(=O)N2CCCCC2)CC1)c1ccccc1. The summed E-state index contributed by atoms with van der Waals surface area (Å²) in [5.74, 6) is 1.27. The lowest BCUT2D eigenvalue weighted by molar-refractivity contribution is -0.138. The summed E-state index contributed by atoms with van der Waals surface area (Å²) in [6, 6.07) is 10.8. The number of hydrogen-bond acceptors (Lipinski definition) is 2. The van der Waals surface area contributed by atoms with Crippen LogP contribution in [0.4, 0.5) is 0 Å². The molecule has 1 amide bonds. The molecule has 0 bridgehead atoms. The average Bonchev–Trinajstić information content (AvgIpc) is 2.63. The van der Waals surface area contributed by atoms with E-state index in [0.29, 0.717) is 11.8 Å². The lowest BCUT2D eigenvalue weighted by atomic mass is 9.93. The Morgan fingerprint density at radius 3 is 2.35 bits per heavy atom. The molecule has 126 valence electrons. The maximum atomic E-state index is 12.6. The Hall–Kier alpha value is -1.35. The van der Waals surface area contributed by atoms with Crippen LogP contribution < -0.4 is 0 Å². The number of likely N-dealkylation sites (tertiary alicyclic amines) is 2. The minimum absolute atomic E-state index is 0.274. The smallest absolute Gasteiger partial charge is 0.225 e. The van der Waals surface area contributed by atoms with E-state index >= 15 is 0 Å². The van der Waals surface area contributed by atoms with Crippen molar-refractivity contribution in [2.75, 3.05) is 32.7 Å². The molecule has 0 aromatic heterocycles. The second kappa shape index (κ2) is 7.96. The summed E-state index contributed by atoms with van der Waals surface area (Å²) in [4.78, 5) is 17.3. The molecule has 2 aliphatic rings. The Morgan fingerprint density at radius 1 is 1.04 bits per heavy atom. The Balaban J connectivity index is 1.45. The van der Waals surface area contributed by atoms with Crippen LogP contribution in [0.5, 0.6) is 0 Å². The highest BCUT2D eigenvalue weighted by Gasteiger charge is 2.29. The van der Waals surface area contributed by atoms with Crippen LogP contribution in [0.15, 0.2) is 30.3 Å². The first kappa shape index (κ1) is 16.5. The third kappa shape index (κ3) is 4.35. The Kier molecular flexibility index (Phi) is 5.71. The van der Waals surface area contributed by atoms with Crippen molar-refractivity contribution in [3.63, 3.8) is 0 Å². The van der Waals surface area contributed by atoms with Crippen LogP contribution in [-0.2, 0) is 4.79 Å². The predicted molar refractivity (Wildman–Crippen MR) is 94.5 cm³/mol. The predicted octanol–water partition coefficient (Wildman–Crippen LogP) is 3.51. The number of hydrogen-bond donors (Lipinski definition) is 0. The van der Waals surface area contributed by atoms with Crippen LogP contribution >= 0.6 is 0 Å². The molecule has 23 heavy (non-hydrogen) atoms. The zero-order chi connectivity index (χ0) is 16.1. The van der Waals surface area contributed by atoms with Crippen molar-refractivity contribution in [3.8, 4) is 0 Å². The molecule has 0 spiro atoms. The van der Waals surface area contributed by atoms with Crippen LogP contribution in [0.1, 0.15) is 50.5 Å². The van der Waals surface area contributed by atoms with Crippen molar-refractivity contribution in [2.45, 2.75) is 44.9 Å². The monoisotopic (exact) mass is 314 g/mol. The second-order valence-electron chi connectivity index (χ2n) is 7.27. The van der Waals surface area contributed by atoms with Gasteiger partial charge in [0.25, 0.3) is 0 Å². The van der Waals surface area contributed by atoms with Gasteiger partial charge < -0.3 is 9.80 Å². The molecule has 0 saturated carbocycles. The van der Waals surface area contributed by atoms with E-state index in [2.05, 4.69) is 47.1 Å². The normalized spacial score (nSPS) is 22.0. The summed E-state index contributed by atoms with van der Waals surface area (Å²) in [5, 5.41) is 0. The van der Waals surface area contributed by atoms with E-state index in [-0.39, 0.29) is 5.92 Å². The molecule has 0 radical (unpaired) electrons. The number of carbonyl (C=O) groups is 1. The van der Waals surface area contributed by atoms with Gasteiger partial charge in [-0.1, -0.05) is 37.3 Å². The van der Waals surface area contributed by atoms with E-state index < -0.39 is 0 Å². The number of piperidine rings is 2. The van der Waals surface area contributed by atoms with Gasteiger partial charge in [-0.3, -0.25) is 4.79 Å². The Labute approximate surface area is 140 Å². The summed E-state index contributed by atoms with van der Waals surface area (Å²) in [6.07, 6.45) is 5.76. The molecule has 2 fully saturated rings. The van der Waals surface area contributed by atoms with Crippen molar-refractivity contribution in [3.05, 3.63) is 35.9 Å². The molecule has 3 nitrogen and oxygen atoms in total. The van der Waals surface area contributed by atoms with Crippen molar-refractivity contribution in [1.82, 2.24) is 9.80 Å². The Morgan fingerprint density at radius 2 is 1.70 bits per heavy atom. The highest BCUT2D eigenvalue weighted by Crippen LogP contribution is 2.24. The molecule has 0 unspecified atom stereocenters. The van der Waals surface area contributed by atoms with Crippen LogP contribution in [0, 0.1) is 5.92 Å². The van der Waals surface area contributed by atoms with E-state index in [1.807, 2.05) is 0 Å². The lowest BCUT2D eigenvalue weighted by Gasteiger charge is -2.36. The highest BCUT2D eigenvalue weighted by atomic mass is 16.2. The number of nitrogens with zero attached hydrogens (tertiary/aromatic N) is 2. The molecule has 0 N–H and O–H groups in total. The quantitative estimate of drug-likeness (QED) is 0.849. The molecule has 3 heteroatoms. The average molecular weight is 314 g/mol. The standard InChI is InChI=1S/C20H30N2O/c1-17(18-8-4-2-5-9-18)16-21-14-10-19(11-15-21)20(23)22-12-6-3-7-13-22/h2,4-5,8-9,17,19H,3,6-7,10-16H2,1H3/t17-/m0/s1. The van der Waals surface area contributed by atoms with Gasteiger partial charge in [0, 0.05) is 25.6 Å². The second-order valence-corrected chi connectivity index (χ2v) is 7.27. The van der Waals surface area contributed by atoms with Crippen LogP contribution in [-0.4, -0.2) is 48.4 Å². The molecule has 3 rings (SSSR count). The molecule has 1 atom stereocenters.